The van der Waals surface area contributed by atoms with Crippen LogP contribution in [-0.2, 0) is 0 Å². The van der Waals surface area contributed by atoms with Crippen molar-refractivity contribution in [3.05, 3.63) is 76.9 Å². The second-order valence-corrected chi connectivity index (χ2v) is 10.1. The van der Waals surface area contributed by atoms with Gasteiger partial charge in [-0.15, -0.1) is 0 Å². The number of carbonyl (C=O) groups is 1. The van der Waals surface area contributed by atoms with Gasteiger partial charge in [0.25, 0.3) is 5.91 Å². The molecular weight excluding hydrogens is 460 g/mol. The molecule has 0 saturated carbocycles. The van der Waals surface area contributed by atoms with E-state index in [1.54, 1.807) is 12.4 Å². The van der Waals surface area contributed by atoms with Gasteiger partial charge in [-0.25, -0.2) is 8.78 Å². The van der Waals surface area contributed by atoms with Gasteiger partial charge < -0.3 is 15.5 Å². The van der Waals surface area contributed by atoms with Crippen molar-refractivity contribution in [2.24, 2.45) is 0 Å². The lowest BCUT2D eigenvalue weighted by molar-refractivity contribution is 0.0940. The molecule has 1 amide bonds. The minimum atomic E-state index is -0.668. The average molecular weight is 492 g/mol. The van der Waals surface area contributed by atoms with Crippen molar-refractivity contribution in [1.29, 1.82) is 0 Å². The smallest absolute Gasteiger partial charge is 0.255 e. The summed E-state index contributed by atoms with van der Waals surface area (Å²) in [5, 5.41) is 6.73. The lowest BCUT2D eigenvalue weighted by Crippen LogP contribution is -2.42. The molecule has 5 rings (SSSR count). The van der Waals surface area contributed by atoms with Gasteiger partial charge in [-0.1, -0.05) is 0 Å². The third-order valence-corrected chi connectivity index (χ3v) is 7.29. The highest BCUT2D eigenvalue weighted by molar-refractivity contribution is 6.03. The lowest BCUT2D eigenvalue weighted by atomic mass is 9.96. The Morgan fingerprint density at radius 3 is 2.47 bits per heavy atom. The zero-order valence-corrected chi connectivity index (χ0v) is 20.9. The number of anilines is 1. The number of aryl methyl sites for hydroxylation is 2. The number of carbonyl (C=O) groups excluding carboxylic acids is 1. The highest BCUT2D eigenvalue weighted by atomic mass is 19.1. The summed E-state index contributed by atoms with van der Waals surface area (Å²) < 4.78 is 28.4. The Bertz CT molecular complexity index is 1260. The van der Waals surface area contributed by atoms with Gasteiger partial charge >= 0.3 is 0 Å². The fraction of sp³-hybridized carbons (Fsp3) is 0.393. The molecule has 0 radical (unpaired) electrons. The maximum absolute atomic E-state index is 14.2. The highest BCUT2D eigenvalue weighted by Gasteiger charge is 2.41. The normalized spacial score (nSPS) is 20.2. The minimum Gasteiger partial charge on any atom is -0.368 e. The second-order valence-electron chi connectivity index (χ2n) is 10.1. The second kappa shape index (κ2) is 9.58. The summed E-state index contributed by atoms with van der Waals surface area (Å²) >= 11 is 0. The van der Waals surface area contributed by atoms with Crippen LogP contribution in [0.25, 0.3) is 11.1 Å². The van der Waals surface area contributed by atoms with Crippen molar-refractivity contribution in [1.82, 2.24) is 20.6 Å². The Morgan fingerprint density at radius 2 is 1.81 bits per heavy atom. The van der Waals surface area contributed by atoms with E-state index in [2.05, 4.69) is 25.5 Å². The number of pyridine rings is 2. The van der Waals surface area contributed by atoms with Crippen molar-refractivity contribution in [3.8, 4) is 11.1 Å². The molecule has 2 atom stereocenters. The SMILES string of the molecule is Cc1cc([C@@H](C)NC(=O)c2cncc(-c3cc(F)cc(F)c3)c2N2CC[C@@]3(CCCN3)C2)cc(C)n1. The van der Waals surface area contributed by atoms with Crippen molar-refractivity contribution < 1.29 is 13.6 Å². The summed E-state index contributed by atoms with van der Waals surface area (Å²) in [6.07, 6.45) is 6.26. The van der Waals surface area contributed by atoms with Crippen LogP contribution < -0.4 is 15.5 Å². The zero-order valence-electron chi connectivity index (χ0n) is 20.9. The Balaban J connectivity index is 1.54. The number of aromatic nitrogens is 2. The van der Waals surface area contributed by atoms with Crippen LogP contribution in [-0.4, -0.2) is 41.0 Å². The molecule has 0 bridgehead atoms. The molecule has 6 nitrogen and oxygen atoms in total. The number of hydrogen-bond donors (Lipinski definition) is 2. The van der Waals surface area contributed by atoms with Crippen LogP contribution >= 0.6 is 0 Å². The molecule has 2 N–H and O–H groups in total. The number of amides is 1. The quantitative estimate of drug-likeness (QED) is 0.533. The van der Waals surface area contributed by atoms with E-state index in [4.69, 9.17) is 0 Å². The van der Waals surface area contributed by atoms with E-state index in [9.17, 15) is 13.6 Å². The largest absolute Gasteiger partial charge is 0.368 e. The summed E-state index contributed by atoms with van der Waals surface area (Å²) in [6, 6.07) is 7.08. The lowest BCUT2D eigenvalue weighted by Gasteiger charge is -2.28. The molecule has 3 aromatic rings. The van der Waals surface area contributed by atoms with Gasteiger partial charge in [-0.3, -0.25) is 14.8 Å². The molecule has 0 unspecified atom stereocenters. The summed E-state index contributed by atoms with van der Waals surface area (Å²) in [6.45, 7) is 8.21. The number of benzene rings is 1. The van der Waals surface area contributed by atoms with E-state index in [0.717, 1.165) is 61.9 Å². The van der Waals surface area contributed by atoms with Crippen LogP contribution in [0.5, 0.6) is 0 Å². The van der Waals surface area contributed by atoms with Gasteiger partial charge in [0.15, 0.2) is 0 Å². The molecule has 2 fully saturated rings. The first-order valence-electron chi connectivity index (χ1n) is 12.4. The fourth-order valence-corrected chi connectivity index (χ4v) is 5.64. The first kappa shape index (κ1) is 24.3. The van der Waals surface area contributed by atoms with E-state index in [-0.39, 0.29) is 17.5 Å². The van der Waals surface area contributed by atoms with Crippen molar-refractivity contribution in [2.45, 2.75) is 51.6 Å². The predicted molar refractivity (Wildman–Crippen MR) is 136 cm³/mol. The van der Waals surface area contributed by atoms with Crippen LogP contribution in [0, 0.1) is 25.5 Å². The molecule has 8 heteroatoms. The highest BCUT2D eigenvalue weighted by Crippen LogP contribution is 2.40. The van der Waals surface area contributed by atoms with Crippen molar-refractivity contribution >= 4 is 11.6 Å². The average Bonchev–Trinajstić information content (AvgIpc) is 3.46. The van der Waals surface area contributed by atoms with Gasteiger partial charge in [-0.05, 0) is 82.0 Å². The monoisotopic (exact) mass is 491 g/mol. The molecule has 2 aromatic heterocycles. The summed E-state index contributed by atoms with van der Waals surface area (Å²) in [5.74, 6) is -1.62. The molecule has 2 aliphatic rings. The van der Waals surface area contributed by atoms with Crippen LogP contribution in [0.3, 0.4) is 0 Å². The number of rotatable bonds is 5. The third kappa shape index (κ3) is 4.82. The molecule has 2 saturated heterocycles. The number of nitrogens with zero attached hydrogens (tertiary/aromatic N) is 3. The molecule has 2 aliphatic heterocycles. The molecule has 36 heavy (non-hydrogen) atoms. The first-order chi connectivity index (χ1) is 17.2. The van der Waals surface area contributed by atoms with E-state index in [1.807, 2.05) is 32.9 Å². The third-order valence-electron chi connectivity index (χ3n) is 7.29. The summed E-state index contributed by atoms with van der Waals surface area (Å²) in [7, 11) is 0. The maximum Gasteiger partial charge on any atom is 0.255 e. The summed E-state index contributed by atoms with van der Waals surface area (Å²) in [4.78, 5) is 24.5. The molecule has 1 aromatic carbocycles. The Labute approximate surface area is 210 Å². The molecule has 1 spiro atoms. The van der Waals surface area contributed by atoms with Gasteiger partial charge in [0.1, 0.15) is 11.6 Å². The Hall–Kier alpha value is -3.39. The van der Waals surface area contributed by atoms with Crippen LogP contribution in [0.2, 0.25) is 0 Å². The number of hydrogen-bond acceptors (Lipinski definition) is 5. The fourth-order valence-electron chi connectivity index (χ4n) is 5.64. The van der Waals surface area contributed by atoms with Crippen LogP contribution in [0.1, 0.15) is 59.5 Å². The summed E-state index contributed by atoms with van der Waals surface area (Å²) in [5.41, 5.74) is 4.68. The predicted octanol–water partition coefficient (Wildman–Crippen LogP) is 4.86. The molecule has 4 heterocycles. The van der Waals surface area contributed by atoms with E-state index >= 15 is 0 Å². The molecular formula is C28H31F2N5O. The first-order valence-corrected chi connectivity index (χ1v) is 12.4. The Kier molecular flexibility index (Phi) is 6.47. The van der Waals surface area contributed by atoms with E-state index in [0.29, 0.717) is 22.4 Å². The van der Waals surface area contributed by atoms with Crippen LogP contribution in [0.15, 0.2) is 42.7 Å². The van der Waals surface area contributed by atoms with E-state index in [1.165, 1.54) is 12.1 Å². The standard InChI is InChI=1S/C28H31F2N5O/c1-17-9-20(10-18(2)33-17)19(3)34-27(36)25-15-31-14-24(21-11-22(29)13-23(30)12-21)26(25)35-8-6-28(16-35)5-4-7-32-28/h9-15,19,32H,4-8,16H2,1-3H3,(H,34,36)/t19-,28+/m1/s1. The van der Waals surface area contributed by atoms with Gasteiger partial charge in [0.2, 0.25) is 0 Å². The van der Waals surface area contributed by atoms with Gasteiger partial charge in [-0.2, -0.15) is 0 Å². The van der Waals surface area contributed by atoms with Crippen LogP contribution in [0.4, 0.5) is 14.5 Å². The van der Waals surface area contributed by atoms with Gasteiger partial charge in [0.05, 0.1) is 17.3 Å². The van der Waals surface area contributed by atoms with Gasteiger partial charge in [0, 0.05) is 54.0 Å². The number of halogens is 2. The number of nitrogens with one attached hydrogen (secondary N) is 2. The Morgan fingerprint density at radius 1 is 1.08 bits per heavy atom. The zero-order chi connectivity index (χ0) is 25.4. The topological polar surface area (TPSA) is 70.2 Å². The van der Waals surface area contributed by atoms with E-state index < -0.39 is 11.6 Å². The molecule has 0 aliphatic carbocycles. The maximum atomic E-state index is 14.2. The molecule has 188 valence electrons. The van der Waals surface area contributed by atoms with Crippen molar-refractivity contribution in [3.63, 3.8) is 0 Å². The van der Waals surface area contributed by atoms with Crippen molar-refractivity contribution in [2.75, 3.05) is 24.5 Å². The minimum absolute atomic E-state index is 0.000851.